The lowest BCUT2D eigenvalue weighted by Gasteiger charge is -2.23. The maximum Gasteiger partial charge on any atom is 0.253 e. The summed E-state index contributed by atoms with van der Waals surface area (Å²) in [4.78, 5) is 25.1. The van der Waals surface area contributed by atoms with Crippen molar-refractivity contribution in [2.24, 2.45) is 0 Å². The topological polar surface area (TPSA) is 63.1 Å². The number of nitrogens with one attached hydrogen (secondary N) is 2. The highest BCUT2D eigenvalue weighted by atomic mass is 35.5. The number of nitrogens with zero attached hydrogens (tertiary/aromatic N) is 1. The van der Waals surface area contributed by atoms with E-state index in [0.717, 1.165) is 32.4 Å². The number of ketones is 1. The molecule has 1 fully saturated rings. The van der Waals surface area contributed by atoms with Crippen molar-refractivity contribution < 1.29 is 14.0 Å². The van der Waals surface area contributed by atoms with Gasteiger partial charge in [0.15, 0.2) is 0 Å². The zero-order valence-corrected chi connectivity index (χ0v) is 16.7. The second-order valence-electron chi connectivity index (χ2n) is 7.18. The number of halogens is 2. The van der Waals surface area contributed by atoms with Crippen LogP contribution in [0.25, 0.3) is 5.69 Å². The lowest BCUT2D eigenvalue weighted by molar-refractivity contribution is -0.118. The van der Waals surface area contributed by atoms with Crippen molar-refractivity contribution in [3.8, 4) is 5.69 Å². The first-order valence-corrected chi connectivity index (χ1v) is 10.0. The number of Topliss-reactive ketones (excluding diaryl/α,β-unsaturated/α-hetero) is 1. The molecule has 0 saturated carbocycles. The van der Waals surface area contributed by atoms with Crippen molar-refractivity contribution in [2.75, 3.05) is 13.1 Å². The van der Waals surface area contributed by atoms with E-state index in [-0.39, 0.29) is 29.2 Å². The third kappa shape index (κ3) is 5.00. The monoisotopic (exact) mass is 405 g/mol. The summed E-state index contributed by atoms with van der Waals surface area (Å²) in [5.41, 5.74) is 1.64. The second-order valence-corrected chi connectivity index (χ2v) is 7.59. The molecule has 1 atom stereocenters. The van der Waals surface area contributed by atoms with Crippen molar-refractivity contribution >= 4 is 23.3 Å². The Labute approximate surface area is 169 Å². The molecule has 2 aromatic rings. The minimum absolute atomic E-state index is 0.0389. The van der Waals surface area contributed by atoms with Crippen LogP contribution in [0.3, 0.4) is 0 Å². The van der Waals surface area contributed by atoms with Crippen LogP contribution in [0.4, 0.5) is 4.39 Å². The van der Waals surface area contributed by atoms with Gasteiger partial charge in [-0.25, -0.2) is 4.39 Å². The first kappa shape index (κ1) is 20.6. The zero-order valence-electron chi connectivity index (χ0n) is 15.9. The average Bonchev–Trinajstić information content (AvgIpc) is 3.09. The summed E-state index contributed by atoms with van der Waals surface area (Å²) in [5.74, 6) is -0.659. The van der Waals surface area contributed by atoms with Gasteiger partial charge in [-0.1, -0.05) is 18.5 Å². The molecule has 0 radical (unpaired) electrons. The summed E-state index contributed by atoms with van der Waals surface area (Å²) in [6, 6.07) is 4.53. The number of aromatic nitrogens is 1. The summed E-state index contributed by atoms with van der Waals surface area (Å²) in [7, 11) is 0. The number of hydrogen-bond acceptors (Lipinski definition) is 3. The molecule has 0 aliphatic carbocycles. The average molecular weight is 406 g/mol. The molecule has 1 aliphatic heterocycles. The predicted octanol–water partition coefficient (Wildman–Crippen LogP) is 3.66. The van der Waals surface area contributed by atoms with Crippen LogP contribution in [0, 0.1) is 5.82 Å². The second kappa shape index (κ2) is 9.34. The first-order chi connectivity index (χ1) is 13.5. The van der Waals surface area contributed by atoms with Gasteiger partial charge < -0.3 is 15.2 Å². The number of rotatable bonds is 7. The molecule has 0 unspecified atom stereocenters. The number of hydrogen-bond donors (Lipinski definition) is 2. The summed E-state index contributed by atoms with van der Waals surface area (Å²) in [6.45, 7) is 3.64. The molecule has 7 heteroatoms. The van der Waals surface area contributed by atoms with Crippen LogP contribution < -0.4 is 10.6 Å². The Hall–Kier alpha value is -2.18. The van der Waals surface area contributed by atoms with Crippen LogP contribution in [0.1, 0.15) is 48.5 Å². The van der Waals surface area contributed by atoms with Crippen LogP contribution in [-0.4, -0.2) is 35.4 Å². The molecule has 1 aromatic carbocycles. The van der Waals surface area contributed by atoms with Crippen molar-refractivity contribution in [1.82, 2.24) is 15.2 Å². The lowest BCUT2D eigenvalue weighted by atomic mass is 10.0. The molecule has 2 heterocycles. The molecule has 1 aliphatic rings. The van der Waals surface area contributed by atoms with Crippen LogP contribution in [0.2, 0.25) is 5.02 Å². The van der Waals surface area contributed by atoms with Gasteiger partial charge in [0.2, 0.25) is 0 Å². The Morgan fingerprint density at radius 2 is 2.18 bits per heavy atom. The fraction of sp³-hybridized carbons (Fsp3) is 0.429. The third-order valence-corrected chi connectivity index (χ3v) is 5.21. The molecule has 1 saturated heterocycles. The third-order valence-electron chi connectivity index (χ3n) is 4.90. The van der Waals surface area contributed by atoms with Gasteiger partial charge in [-0.2, -0.15) is 0 Å². The van der Waals surface area contributed by atoms with Gasteiger partial charge in [0.1, 0.15) is 11.6 Å². The molecule has 3 rings (SSSR count). The molecule has 28 heavy (non-hydrogen) atoms. The summed E-state index contributed by atoms with van der Waals surface area (Å²) in [6.07, 6.45) is 6.73. The first-order valence-electron chi connectivity index (χ1n) is 9.67. The molecular formula is C21H25ClFN3O2. The molecular weight excluding hydrogens is 381 g/mol. The van der Waals surface area contributed by atoms with Crippen molar-refractivity contribution in [1.29, 1.82) is 0 Å². The van der Waals surface area contributed by atoms with E-state index in [1.54, 1.807) is 23.0 Å². The molecule has 0 bridgehead atoms. The smallest absolute Gasteiger partial charge is 0.253 e. The zero-order chi connectivity index (χ0) is 20.1. The minimum atomic E-state index is -0.532. The largest absolute Gasteiger partial charge is 0.348 e. The van der Waals surface area contributed by atoms with Crippen LogP contribution >= 0.6 is 11.6 Å². The number of piperidine rings is 1. The maximum atomic E-state index is 13.9. The van der Waals surface area contributed by atoms with Gasteiger partial charge in [0.05, 0.1) is 10.6 Å². The molecule has 0 spiro atoms. The van der Waals surface area contributed by atoms with E-state index in [1.165, 1.54) is 12.1 Å². The van der Waals surface area contributed by atoms with E-state index in [2.05, 4.69) is 10.6 Å². The highest BCUT2D eigenvalue weighted by Crippen LogP contribution is 2.22. The molecule has 2 N–H and O–H groups in total. The van der Waals surface area contributed by atoms with Gasteiger partial charge in [-0.15, -0.1) is 0 Å². The fourth-order valence-electron chi connectivity index (χ4n) is 3.45. The number of carbonyl (C=O) groups excluding carboxylic acids is 2. The van der Waals surface area contributed by atoms with Crippen molar-refractivity contribution in [3.63, 3.8) is 0 Å². The molecule has 1 aromatic heterocycles. The lowest BCUT2D eigenvalue weighted by Crippen LogP contribution is -2.45. The number of carbonyl (C=O) groups is 2. The Morgan fingerprint density at radius 3 is 2.86 bits per heavy atom. The van der Waals surface area contributed by atoms with Crippen LogP contribution in [0.5, 0.6) is 0 Å². The van der Waals surface area contributed by atoms with Gasteiger partial charge in [-0.3, -0.25) is 9.59 Å². The predicted molar refractivity (Wildman–Crippen MR) is 108 cm³/mol. The van der Waals surface area contributed by atoms with E-state index in [0.29, 0.717) is 23.2 Å². The Bertz CT molecular complexity index is 859. The quantitative estimate of drug-likeness (QED) is 0.738. The maximum absolute atomic E-state index is 13.9. The Kier molecular flexibility index (Phi) is 6.86. The van der Waals surface area contributed by atoms with E-state index in [1.807, 2.05) is 6.92 Å². The highest BCUT2D eigenvalue weighted by Gasteiger charge is 2.21. The molecule has 5 nitrogen and oxygen atoms in total. The fourth-order valence-corrected chi connectivity index (χ4v) is 3.57. The van der Waals surface area contributed by atoms with Crippen LogP contribution in [-0.2, 0) is 11.2 Å². The minimum Gasteiger partial charge on any atom is -0.348 e. The Balaban J connectivity index is 1.88. The SMILES string of the molecule is CCCC(=O)Cc1cn(-c2ccc(Cl)c(F)c2)cc1C(=O)N[C@H]1CCCNC1. The van der Waals surface area contributed by atoms with Crippen molar-refractivity contribution in [2.45, 2.75) is 45.1 Å². The summed E-state index contributed by atoms with van der Waals surface area (Å²) >= 11 is 5.77. The van der Waals surface area contributed by atoms with E-state index in [9.17, 15) is 14.0 Å². The molecule has 1 amide bonds. The van der Waals surface area contributed by atoms with Crippen molar-refractivity contribution in [3.05, 3.63) is 52.6 Å². The van der Waals surface area contributed by atoms with E-state index < -0.39 is 5.82 Å². The highest BCUT2D eigenvalue weighted by molar-refractivity contribution is 6.30. The van der Waals surface area contributed by atoms with E-state index >= 15 is 0 Å². The Morgan fingerprint density at radius 1 is 1.36 bits per heavy atom. The summed E-state index contributed by atoms with van der Waals surface area (Å²) in [5, 5.41) is 6.35. The van der Waals surface area contributed by atoms with Gasteiger partial charge >= 0.3 is 0 Å². The standard InChI is InChI=1S/C21H25ClFN3O2/c1-2-4-17(27)9-14-12-26(16-6-7-19(22)20(23)10-16)13-18(14)21(28)25-15-5-3-8-24-11-15/h6-7,10,12-13,15,24H,2-5,8-9,11H2,1H3,(H,25,28)/t15-/m0/s1. The molecule has 150 valence electrons. The van der Waals surface area contributed by atoms with Gasteiger partial charge in [0, 0.05) is 43.5 Å². The summed E-state index contributed by atoms with van der Waals surface area (Å²) < 4.78 is 15.5. The van der Waals surface area contributed by atoms with E-state index in [4.69, 9.17) is 11.6 Å². The normalized spacial score (nSPS) is 16.8. The number of benzene rings is 1. The van der Waals surface area contributed by atoms with Gasteiger partial charge in [0.25, 0.3) is 5.91 Å². The number of amides is 1. The van der Waals surface area contributed by atoms with Crippen LogP contribution in [0.15, 0.2) is 30.6 Å². The van der Waals surface area contributed by atoms with Gasteiger partial charge in [-0.05, 0) is 49.6 Å².